The number of carboxylic acids is 1. The lowest BCUT2D eigenvalue weighted by molar-refractivity contribution is -0.130. The van der Waals surface area contributed by atoms with Crippen molar-refractivity contribution in [2.24, 2.45) is 0 Å². The van der Waals surface area contributed by atoms with Gasteiger partial charge in [-0.1, -0.05) is 70.6 Å². The summed E-state index contributed by atoms with van der Waals surface area (Å²) < 4.78 is 0. The molecule has 0 saturated heterocycles. The molecule has 0 spiro atoms. The first-order valence-corrected chi connectivity index (χ1v) is 8.72. The van der Waals surface area contributed by atoms with E-state index in [2.05, 4.69) is 18.8 Å². The highest BCUT2D eigenvalue weighted by Crippen LogP contribution is 2.12. The number of rotatable bonds is 12. The third-order valence-electron chi connectivity index (χ3n) is 3.01. The largest absolute Gasteiger partial charge is 0.472 e. The van der Waals surface area contributed by atoms with Gasteiger partial charge < -0.3 is 5.11 Å². The Bertz CT molecular complexity index is 266. The summed E-state index contributed by atoms with van der Waals surface area (Å²) in [6.45, 7) is 2.26. The van der Waals surface area contributed by atoms with Crippen molar-refractivity contribution in [3.8, 4) is 11.8 Å². The predicted octanol–water partition coefficient (Wildman–Crippen LogP) is 4.73. The van der Waals surface area contributed by atoms with Crippen molar-refractivity contribution in [3.05, 3.63) is 0 Å². The van der Waals surface area contributed by atoms with Crippen molar-refractivity contribution in [1.29, 1.82) is 0 Å². The molecule has 0 aliphatic rings. The predicted molar refractivity (Wildman–Crippen MR) is 84.6 cm³/mol. The van der Waals surface area contributed by atoms with Gasteiger partial charge in [-0.15, -0.1) is 11.8 Å². The molecule has 3 heteroatoms. The van der Waals surface area contributed by atoms with Gasteiger partial charge in [0.15, 0.2) is 0 Å². The summed E-state index contributed by atoms with van der Waals surface area (Å²) in [5, 5.41) is 8.32. The van der Waals surface area contributed by atoms with E-state index >= 15 is 0 Å². The fourth-order valence-electron chi connectivity index (χ4n) is 1.93. The zero-order valence-corrected chi connectivity index (χ0v) is 13.1. The van der Waals surface area contributed by atoms with E-state index in [0.717, 1.165) is 5.75 Å². The molecule has 0 aliphatic heterocycles. The van der Waals surface area contributed by atoms with Crippen LogP contribution in [0.15, 0.2) is 0 Å². The van der Waals surface area contributed by atoms with E-state index in [-0.39, 0.29) is 0 Å². The summed E-state index contributed by atoms with van der Waals surface area (Å²) in [7, 11) is 0. The van der Waals surface area contributed by atoms with Gasteiger partial charge in [0.05, 0.1) is 5.75 Å². The first-order valence-electron chi connectivity index (χ1n) is 7.57. The molecule has 0 radical (unpaired) electrons. The number of hydrogen-bond donors (Lipinski definition) is 1. The number of unbranched alkanes of at least 4 members (excludes halogenated alkanes) is 9. The monoisotopic (exact) mass is 284 g/mol. The summed E-state index contributed by atoms with van der Waals surface area (Å²) in [4.78, 5) is 10.1. The highest BCUT2D eigenvalue weighted by atomic mass is 32.2. The van der Waals surface area contributed by atoms with Gasteiger partial charge in [-0.2, -0.15) is 0 Å². The van der Waals surface area contributed by atoms with Crippen molar-refractivity contribution in [2.75, 3.05) is 11.5 Å². The Balaban J connectivity index is 3.03. The lowest BCUT2D eigenvalue weighted by Gasteiger charge is -2.01. The number of aliphatic carboxylic acids is 1. The van der Waals surface area contributed by atoms with E-state index in [1.54, 1.807) is 11.8 Å². The topological polar surface area (TPSA) is 37.3 Å². The van der Waals surface area contributed by atoms with Crippen LogP contribution >= 0.6 is 11.8 Å². The molecule has 0 aromatic rings. The quantitative estimate of drug-likeness (QED) is 0.416. The third kappa shape index (κ3) is 17.4. The second-order valence-electron chi connectivity index (χ2n) is 4.84. The number of carbonyl (C=O) groups is 1. The zero-order valence-electron chi connectivity index (χ0n) is 12.2. The molecule has 0 aromatic carbocycles. The zero-order chi connectivity index (χ0) is 14.2. The Kier molecular flexibility index (Phi) is 14.9. The van der Waals surface area contributed by atoms with Crippen LogP contribution < -0.4 is 0 Å². The Labute approximate surface area is 122 Å². The minimum Gasteiger partial charge on any atom is -0.472 e. The fourth-order valence-corrected chi connectivity index (χ4v) is 2.65. The van der Waals surface area contributed by atoms with E-state index in [1.807, 2.05) is 0 Å². The SMILES string of the molecule is CCCCCCCCCCCCSCC#CC(=O)O. The molecular weight excluding hydrogens is 256 g/mol. The van der Waals surface area contributed by atoms with Crippen molar-refractivity contribution in [2.45, 2.75) is 71.1 Å². The standard InChI is InChI=1S/C16H28O2S/c1-2-3-4-5-6-7-8-9-10-11-14-19-15-12-13-16(17)18/h2-11,14-15H2,1H3,(H,17,18). The average Bonchev–Trinajstić information content (AvgIpc) is 2.39. The Morgan fingerprint density at radius 2 is 1.47 bits per heavy atom. The molecule has 0 atom stereocenters. The van der Waals surface area contributed by atoms with Crippen LogP contribution in [0.3, 0.4) is 0 Å². The van der Waals surface area contributed by atoms with Crippen molar-refractivity contribution >= 4 is 17.7 Å². The van der Waals surface area contributed by atoms with E-state index in [4.69, 9.17) is 5.11 Å². The van der Waals surface area contributed by atoms with Crippen molar-refractivity contribution < 1.29 is 9.90 Å². The molecule has 0 aliphatic carbocycles. The first-order chi connectivity index (χ1) is 9.27. The minimum absolute atomic E-state index is 0.643. The Hall–Kier alpha value is -0.620. The maximum absolute atomic E-state index is 10.1. The second kappa shape index (κ2) is 15.4. The van der Waals surface area contributed by atoms with Crippen LogP contribution in [0.2, 0.25) is 0 Å². The maximum Gasteiger partial charge on any atom is 0.381 e. The van der Waals surface area contributed by atoms with E-state index in [0.29, 0.717) is 5.75 Å². The van der Waals surface area contributed by atoms with Crippen LogP contribution in [-0.2, 0) is 4.79 Å². The average molecular weight is 284 g/mol. The number of thioether (sulfide) groups is 1. The lowest BCUT2D eigenvalue weighted by atomic mass is 10.1. The normalized spacial score (nSPS) is 9.95. The van der Waals surface area contributed by atoms with E-state index in [1.165, 1.54) is 64.2 Å². The summed E-state index contributed by atoms with van der Waals surface area (Å²) >= 11 is 1.74. The number of hydrogen-bond acceptors (Lipinski definition) is 2. The third-order valence-corrected chi connectivity index (χ3v) is 3.94. The maximum atomic E-state index is 10.1. The summed E-state index contributed by atoms with van der Waals surface area (Å²) in [6.07, 6.45) is 13.6. The van der Waals surface area contributed by atoms with Gasteiger partial charge in [0, 0.05) is 5.92 Å². The van der Waals surface area contributed by atoms with Gasteiger partial charge >= 0.3 is 5.97 Å². The van der Waals surface area contributed by atoms with Crippen LogP contribution in [-0.4, -0.2) is 22.6 Å². The summed E-state index contributed by atoms with van der Waals surface area (Å²) in [5.74, 6) is 5.48. The van der Waals surface area contributed by atoms with E-state index in [9.17, 15) is 4.79 Å². The molecule has 0 aromatic heterocycles. The molecule has 0 saturated carbocycles. The Morgan fingerprint density at radius 3 is 2.00 bits per heavy atom. The van der Waals surface area contributed by atoms with Crippen molar-refractivity contribution in [1.82, 2.24) is 0 Å². The van der Waals surface area contributed by atoms with Gasteiger partial charge in [-0.05, 0) is 12.2 Å². The Morgan fingerprint density at radius 1 is 0.947 bits per heavy atom. The highest BCUT2D eigenvalue weighted by molar-refractivity contribution is 7.99. The summed E-state index contributed by atoms with van der Waals surface area (Å²) in [5.41, 5.74) is 0. The van der Waals surface area contributed by atoms with Gasteiger partial charge in [0.1, 0.15) is 0 Å². The number of carboxylic acid groups (broad SMARTS) is 1. The molecule has 0 heterocycles. The van der Waals surface area contributed by atoms with Gasteiger partial charge in [-0.3, -0.25) is 0 Å². The van der Waals surface area contributed by atoms with Gasteiger partial charge in [0.2, 0.25) is 0 Å². The second-order valence-corrected chi connectivity index (χ2v) is 5.95. The summed E-state index contributed by atoms with van der Waals surface area (Å²) in [6, 6.07) is 0. The highest BCUT2D eigenvalue weighted by Gasteiger charge is 1.93. The molecule has 19 heavy (non-hydrogen) atoms. The molecule has 0 amide bonds. The fraction of sp³-hybridized carbons (Fsp3) is 0.812. The van der Waals surface area contributed by atoms with Crippen molar-refractivity contribution in [3.63, 3.8) is 0 Å². The molecule has 0 rings (SSSR count). The molecule has 110 valence electrons. The van der Waals surface area contributed by atoms with Crippen LogP contribution in [0.25, 0.3) is 0 Å². The van der Waals surface area contributed by atoms with Gasteiger partial charge in [0.25, 0.3) is 0 Å². The molecule has 1 N–H and O–H groups in total. The van der Waals surface area contributed by atoms with Crippen LogP contribution in [0.1, 0.15) is 71.1 Å². The van der Waals surface area contributed by atoms with Crippen LogP contribution in [0.5, 0.6) is 0 Å². The van der Waals surface area contributed by atoms with E-state index < -0.39 is 5.97 Å². The van der Waals surface area contributed by atoms with Crippen LogP contribution in [0.4, 0.5) is 0 Å². The molecule has 2 nitrogen and oxygen atoms in total. The molecule has 0 bridgehead atoms. The molecule has 0 unspecified atom stereocenters. The lowest BCUT2D eigenvalue weighted by Crippen LogP contribution is -1.88. The molecule has 0 fully saturated rings. The first kappa shape index (κ1) is 18.4. The van der Waals surface area contributed by atoms with Gasteiger partial charge in [-0.25, -0.2) is 4.79 Å². The van der Waals surface area contributed by atoms with Crippen LogP contribution in [0, 0.1) is 11.8 Å². The minimum atomic E-state index is -1.03. The molecular formula is C16H28O2S. The smallest absolute Gasteiger partial charge is 0.381 e.